The number of aromatic nitrogens is 2. The molecule has 0 saturated carbocycles. The molecule has 1 aromatic rings. The van der Waals surface area contributed by atoms with E-state index in [0.29, 0.717) is 19.8 Å². The molecular weight excluding hydrogens is 168 g/mol. The summed E-state index contributed by atoms with van der Waals surface area (Å²) < 4.78 is 12.5. The minimum absolute atomic E-state index is 0.0171. The first-order valence-corrected chi connectivity index (χ1v) is 4.10. The molecule has 0 aliphatic carbocycles. The smallest absolute Gasteiger partial charge is 0.211 e. The minimum Gasteiger partial charge on any atom is -0.475 e. The van der Waals surface area contributed by atoms with E-state index in [1.807, 2.05) is 6.07 Å². The molecule has 4 nitrogen and oxygen atoms in total. The van der Waals surface area contributed by atoms with Crippen LogP contribution in [0.1, 0.15) is 0 Å². The Bertz CT molecular complexity index is 327. The van der Waals surface area contributed by atoms with Gasteiger partial charge in [0.25, 0.3) is 0 Å². The van der Waals surface area contributed by atoms with Crippen LogP contribution in [0.5, 0.6) is 5.88 Å². The van der Waals surface area contributed by atoms with Crippen molar-refractivity contribution in [1.29, 1.82) is 0 Å². The van der Waals surface area contributed by atoms with Gasteiger partial charge in [-0.25, -0.2) is 4.68 Å². The summed E-state index contributed by atoms with van der Waals surface area (Å²) in [6, 6.07) is 1.83. The van der Waals surface area contributed by atoms with Crippen LogP contribution < -0.4 is 4.74 Å². The lowest BCUT2D eigenvalue weighted by atomic mass is 10.3. The van der Waals surface area contributed by atoms with E-state index in [0.717, 1.165) is 5.88 Å². The van der Waals surface area contributed by atoms with Gasteiger partial charge in [-0.15, -0.1) is 6.42 Å². The van der Waals surface area contributed by atoms with Crippen LogP contribution in [0.4, 0.5) is 0 Å². The number of hydrogen-bond donors (Lipinski definition) is 0. The van der Waals surface area contributed by atoms with Crippen molar-refractivity contribution in [3.63, 3.8) is 0 Å². The summed E-state index contributed by atoms with van der Waals surface area (Å²) in [6.07, 6.45) is 6.81. The molecule has 0 bridgehead atoms. The third kappa shape index (κ3) is 1.65. The maximum absolute atomic E-state index is 5.38. The monoisotopic (exact) mass is 178 g/mol. The molecular formula is C9H10N2O2. The normalized spacial score (nSPS) is 20.1. The summed E-state index contributed by atoms with van der Waals surface area (Å²) in [5.74, 6) is 3.22. The van der Waals surface area contributed by atoms with Crippen molar-refractivity contribution in [3.05, 3.63) is 12.3 Å². The van der Waals surface area contributed by atoms with Crippen LogP contribution in [-0.2, 0) is 11.3 Å². The molecule has 1 aliphatic heterocycles. The molecule has 1 aliphatic rings. The van der Waals surface area contributed by atoms with Gasteiger partial charge in [-0.2, -0.15) is 5.10 Å². The molecule has 1 aromatic heterocycles. The molecule has 0 radical (unpaired) electrons. The maximum atomic E-state index is 5.38. The number of ether oxygens (including phenoxy) is 2. The lowest BCUT2D eigenvalue weighted by Crippen LogP contribution is -2.32. The molecule has 0 spiro atoms. The summed E-state index contributed by atoms with van der Waals surface area (Å²) in [6.45, 7) is 1.59. The Morgan fingerprint density at radius 2 is 2.77 bits per heavy atom. The molecule has 1 atom stereocenters. The summed E-state index contributed by atoms with van der Waals surface area (Å²) in [5, 5.41) is 4.08. The zero-order valence-corrected chi connectivity index (χ0v) is 7.14. The predicted molar refractivity (Wildman–Crippen MR) is 46.3 cm³/mol. The van der Waals surface area contributed by atoms with Crippen molar-refractivity contribution in [1.82, 2.24) is 9.78 Å². The molecule has 13 heavy (non-hydrogen) atoms. The molecule has 68 valence electrons. The van der Waals surface area contributed by atoms with Crippen LogP contribution in [0.3, 0.4) is 0 Å². The van der Waals surface area contributed by atoms with Crippen molar-refractivity contribution in [3.8, 4) is 18.2 Å². The van der Waals surface area contributed by atoms with E-state index in [9.17, 15) is 0 Å². The van der Waals surface area contributed by atoms with Crippen molar-refractivity contribution in [2.75, 3.05) is 13.2 Å². The summed E-state index contributed by atoms with van der Waals surface area (Å²) in [4.78, 5) is 0. The minimum atomic E-state index is 0.0171. The number of rotatable bonds is 2. The van der Waals surface area contributed by atoms with Gasteiger partial charge in [0.15, 0.2) is 0 Å². The second kappa shape index (κ2) is 3.50. The first kappa shape index (κ1) is 8.14. The van der Waals surface area contributed by atoms with Gasteiger partial charge >= 0.3 is 0 Å². The first-order chi connectivity index (χ1) is 6.40. The van der Waals surface area contributed by atoms with Gasteiger partial charge in [-0.1, -0.05) is 5.92 Å². The second-order valence-electron chi connectivity index (χ2n) is 2.80. The van der Waals surface area contributed by atoms with Gasteiger partial charge < -0.3 is 9.47 Å². The van der Waals surface area contributed by atoms with Gasteiger partial charge in [0, 0.05) is 6.07 Å². The van der Waals surface area contributed by atoms with Crippen LogP contribution in [0.2, 0.25) is 0 Å². The molecule has 0 saturated heterocycles. The first-order valence-electron chi connectivity index (χ1n) is 4.10. The van der Waals surface area contributed by atoms with Crippen molar-refractivity contribution < 1.29 is 9.47 Å². The number of hydrogen-bond acceptors (Lipinski definition) is 3. The van der Waals surface area contributed by atoms with Crippen LogP contribution in [0.25, 0.3) is 0 Å². The Balaban J connectivity index is 1.97. The third-order valence-corrected chi connectivity index (χ3v) is 1.87. The molecule has 2 heterocycles. The topological polar surface area (TPSA) is 36.3 Å². The predicted octanol–water partition coefficient (Wildman–Crippen LogP) is 0.294. The summed E-state index contributed by atoms with van der Waals surface area (Å²) in [7, 11) is 0. The zero-order valence-electron chi connectivity index (χ0n) is 7.14. The molecule has 2 rings (SSSR count). The third-order valence-electron chi connectivity index (χ3n) is 1.87. The standard InChI is InChI=1S/C9H10N2O2/c1-2-5-12-8-6-11-9(13-7-8)3-4-10-11/h1,3-4,8H,5-7H2/t8-/m1/s1. The average Bonchev–Trinajstić information content (AvgIpc) is 2.61. The van der Waals surface area contributed by atoms with E-state index in [-0.39, 0.29) is 6.10 Å². The number of nitrogens with zero attached hydrogens (tertiary/aromatic N) is 2. The zero-order chi connectivity index (χ0) is 9.10. The van der Waals surface area contributed by atoms with Gasteiger partial charge in [0.2, 0.25) is 5.88 Å². The Morgan fingerprint density at radius 1 is 1.85 bits per heavy atom. The van der Waals surface area contributed by atoms with Gasteiger partial charge in [0.05, 0.1) is 12.7 Å². The Labute approximate surface area is 76.4 Å². The van der Waals surface area contributed by atoms with Crippen molar-refractivity contribution in [2.45, 2.75) is 12.6 Å². The highest BCUT2D eigenvalue weighted by atomic mass is 16.5. The molecule has 4 heteroatoms. The molecule has 0 fully saturated rings. The van der Waals surface area contributed by atoms with Crippen molar-refractivity contribution >= 4 is 0 Å². The van der Waals surface area contributed by atoms with E-state index < -0.39 is 0 Å². The van der Waals surface area contributed by atoms with E-state index >= 15 is 0 Å². The molecule has 0 amide bonds. The number of fused-ring (bicyclic) bond motifs is 1. The van der Waals surface area contributed by atoms with Crippen LogP contribution in [0.15, 0.2) is 12.3 Å². The Kier molecular flexibility index (Phi) is 2.19. The fourth-order valence-corrected chi connectivity index (χ4v) is 1.27. The quantitative estimate of drug-likeness (QED) is 0.611. The van der Waals surface area contributed by atoms with E-state index in [4.69, 9.17) is 15.9 Å². The lowest BCUT2D eigenvalue weighted by Gasteiger charge is -2.23. The van der Waals surface area contributed by atoms with Crippen molar-refractivity contribution in [2.24, 2.45) is 0 Å². The van der Waals surface area contributed by atoms with Crippen LogP contribution >= 0.6 is 0 Å². The van der Waals surface area contributed by atoms with Gasteiger partial charge in [-0.3, -0.25) is 0 Å². The summed E-state index contributed by atoms with van der Waals surface area (Å²) >= 11 is 0. The fourth-order valence-electron chi connectivity index (χ4n) is 1.27. The molecule has 0 unspecified atom stereocenters. The van der Waals surface area contributed by atoms with E-state index in [2.05, 4.69) is 11.0 Å². The second-order valence-corrected chi connectivity index (χ2v) is 2.80. The highest BCUT2D eigenvalue weighted by Crippen LogP contribution is 2.16. The number of terminal acetylenes is 1. The fraction of sp³-hybridized carbons (Fsp3) is 0.444. The highest BCUT2D eigenvalue weighted by molar-refractivity contribution is 5.09. The average molecular weight is 178 g/mol. The van der Waals surface area contributed by atoms with Gasteiger partial charge in [0.1, 0.15) is 19.3 Å². The highest BCUT2D eigenvalue weighted by Gasteiger charge is 2.19. The Morgan fingerprint density at radius 3 is 3.62 bits per heavy atom. The van der Waals surface area contributed by atoms with E-state index in [1.54, 1.807) is 10.9 Å². The van der Waals surface area contributed by atoms with E-state index in [1.165, 1.54) is 0 Å². The molecule has 0 N–H and O–H groups in total. The maximum Gasteiger partial charge on any atom is 0.211 e. The lowest BCUT2D eigenvalue weighted by molar-refractivity contribution is 0.00288. The van der Waals surface area contributed by atoms with Crippen LogP contribution in [-0.4, -0.2) is 29.1 Å². The molecule has 0 aromatic carbocycles. The largest absolute Gasteiger partial charge is 0.475 e. The van der Waals surface area contributed by atoms with Crippen LogP contribution in [0, 0.1) is 12.3 Å². The SMILES string of the molecule is C#CCO[C@H]1COc2ccnn2C1. The Hall–Kier alpha value is -1.47. The summed E-state index contributed by atoms with van der Waals surface area (Å²) in [5.41, 5.74) is 0. The van der Waals surface area contributed by atoms with Gasteiger partial charge in [-0.05, 0) is 0 Å².